The molecule has 0 unspecified atom stereocenters. The van der Waals surface area contributed by atoms with E-state index in [0.29, 0.717) is 43.5 Å². The molecule has 1 saturated heterocycles. The van der Waals surface area contributed by atoms with E-state index in [1.54, 1.807) is 15.7 Å². The van der Waals surface area contributed by atoms with Crippen LogP contribution in [-0.4, -0.2) is 39.4 Å². The summed E-state index contributed by atoms with van der Waals surface area (Å²) in [5, 5.41) is 10.4. The van der Waals surface area contributed by atoms with Crippen molar-refractivity contribution >= 4 is 5.91 Å². The number of benzene rings is 1. The first-order chi connectivity index (χ1) is 13.9. The summed E-state index contributed by atoms with van der Waals surface area (Å²) in [5.74, 6) is -2.22. The highest BCUT2D eigenvalue weighted by molar-refractivity contribution is 5.96. The second-order valence-corrected chi connectivity index (χ2v) is 7.48. The van der Waals surface area contributed by atoms with Gasteiger partial charge < -0.3 is 19.3 Å². The lowest BCUT2D eigenvalue weighted by atomic mass is 10.0. The van der Waals surface area contributed by atoms with Crippen LogP contribution in [0.3, 0.4) is 0 Å². The summed E-state index contributed by atoms with van der Waals surface area (Å²) in [5.41, 5.74) is 0.115. The molecular weight excluding hydrogens is 382 g/mol. The Bertz CT molecular complexity index is 1020. The van der Waals surface area contributed by atoms with Gasteiger partial charge in [0, 0.05) is 17.8 Å². The number of nitrogens with zero attached hydrogens (tertiary/aromatic N) is 2. The maximum atomic E-state index is 13.8. The quantitative estimate of drug-likeness (QED) is 0.832. The summed E-state index contributed by atoms with van der Waals surface area (Å²) >= 11 is 0. The number of ether oxygens (including phenoxy) is 1. The van der Waals surface area contributed by atoms with Crippen LogP contribution in [0.15, 0.2) is 29.2 Å². The van der Waals surface area contributed by atoms with Crippen molar-refractivity contribution in [1.82, 2.24) is 9.47 Å². The van der Waals surface area contributed by atoms with Crippen molar-refractivity contribution in [3.05, 3.63) is 63.1 Å². The van der Waals surface area contributed by atoms with Gasteiger partial charge in [0.05, 0.1) is 19.2 Å². The van der Waals surface area contributed by atoms with Crippen molar-refractivity contribution in [2.45, 2.75) is 51.4 Å². The molecule has 1 amide bonds. The van der Waals surface area contributed by atoms with Crippen molar-refractivity contribution in [3.63, 3.8) is 0 Å². The fourth-order valence-electron chi connectivity index (χ4n) is 4.11. The minimum Gasteiger partial charge on any atom is -0.503 e. The Balaban J connectivity index is 1.56. The highest BCUT2D eigenvalue weighted by Gasteiger charge is 2.43. The van der Waals surface area contributed by atoms with Gasteiger partial charge in [-0.2, -0.15) is 0 Å². The predicted molar refractivity (Wildman–Crippen MR) is 101 cm³/mol. The molecule has 8 heteroatoms. The molecule has 1 fully saturated rings. The molecule has 1 N–H and O–H groups in total. The van der Waals surface area contributed by atoms with Gasteiger partial charge in [0.2, 0.25) is 5.43 Å². The van der Waals surface area contributed by atoms with Crippen LogP contribution in [0, 0.1) is 11.6 Å². The second-order valence-electron chi connectivity index (χ2n) is 7.48. The number of hydrogen-bond donors (Lipinski definition) is 1. The standard InChI is InChI=1S/C21H22F2N2O4/c1-2-15-11-29-17-10-24-9-13(19(26)20(27)18(24)21(28)25(15)17)5-3-4-12-6-7-14(22)8-16(12)23/h6-9,15,17,27H,2-5,10-11H2,1H3/t15-,17+/m0/s1. The first-order valence-corrected chi connectivity index (χ1v) is 9.74. The smallest absolute Gasteiger partial charge is 0.276 e. The normalized spacial score (nSPS) is 20.7. The van der Waals surface area contributed by atoms with E-state index in [0.717, 1.165) is 12.5 Å². The summed E-state index contributed by atoms with van der Waals surface area (Å²) in [4.78, 5) is 27.1. The fraction of sp³-hybridized carbons (Fsp3) is 0.429. The van der Waals surface area contributed by atoms with E-state index in [-0.39, 0.29) is 11.7 Å². The Labute approximate surface area is 166 Å². The molecule has 0 spiro atoms. The Hall–Kier alpha value is -2.74. The fourth-order valence-corrected chi connectivity index (χ4v) is 4.11. The Morgan fingerprint density at radius 1 is 1.21 bits per heavy atom. The Kier molecular flexibility index (Phi) is 5.12. The van der Waals surface area contributed by atoms with E-state index in [1.165, 1.54) is 12.1 Å². The lowest BCUT2D eigenvalue weighted by Gasteiger charge is -2.34. The van der Waals surface area contributed by atoms with Gasteiger partial charge in [-0.05, 0) is 37.3 Å². The number of hydrogen-bond acceptors (Lipinski definition) is 4. The molecule has 2 aliphatic heterocycles. The number of aryl methyl sites for hydroxylation is 2. The zero-order valence-electron chi connectivity index (χ0n) is 16.0. The van der Waals surface area contributed by atoms with Crippen LogP contribution in [0.25, 0.3) is 0 Å². The summed E-state index contributed by atoms with van der Waals surface area (Å²) in [7, 11) is 0. The van der Waals surface area contributed by atoms with E-state index in [4.69, 9.17) is 4.74 Å². The van der Waals surface area contributed by atoms with Crippen LogP contribution < -0.4 is 5.43 Å². The van der Waals surface area contributed by atoms with E-state index >= 15 is 0 Å². The lowest BCUT2D eigenvalue weighted by molar-refractivity contribution is 0.00567. The average molecular weight is 404 g/mol. The molecule has 0 radical (unpaired) electrons. The molecule has 0 bridgehead atoms. The van der Waals surface area contributed by atoms with E-state index in [2.05, 4.69) is 0 Å². The number of rotatable bonds is 5. The van der Waals surface area contributed by atoms with E-state index in [9.17, 15) is 23.5 Å². The summed E-state index contributed by atoms with van der Waals surface area (Å²) < 4.78 is 34.1. The summed E-state index contributed by atoms with van der Waals surface area (Å²) in [6, 6.07) is 3.34. The van der Waals surface area contributed by atoms with Gasteiger partial charge >= 0.3 is 0 Å². The van der Waals surface area contributed by atoms with Crippen molar-refractivity contribution in [3.8, 4) is 5.75 Å². The molecule has 6 nitrogen and oxygen atoms in total. The molecule has 0 saturated carbocycles. The van der Waals surface area contributed by atoms with Crippen molar-refractivity contribution in [2.24, 2.45) is 0 Å². The van der Waals surface area contributed by atoms with Crippen LogP contribution in [0.4, 0.5) is 8.78 Å². The number of amides is 1. The summed E-state index contributed by atoms with van der Waals surface area (Å²) in [6.07, 6.45) is 2.95. The molecule has 154 valence electrons. The van der Waals surface area contributed by atoms with Crippen LogP contribution in [0.5, 0.6) is 5.75 Å². The maximum Gasteiger partial charge on any atom is 0.276 e. The van der Waals surface area contributed by atoms with Crippen LogP contribution >= 0.6 is 0 Å². The molecule has 0 aliphatic carbocycles. The number of aromatic hydroxyl groups is 1. The van der Waals surface area contributed by atoms with E-state index in [1.807, 2.05) is 6.92 Å². The van der Waals surface area contributed by atoms with Crippen molar-refractivity contribution in [2.75, 3.05) is 6.61 Å². The topological polar surface area (TPSA) is 71.8 Å². The zero-order chi connectivity index (χ0) is 20.7. The number of pyridine rings is 1. The van der Waals surface area contributed by atoms with Gasteiger partial charge in [-0.3, -0.25) is 9.59 Å². The molecule has 2 aromatic rings. The monoisotopic (exact) mass is 404 g/mol. The number of aromatic nitrogens is 1. The second kappa shape index (κ2) is 7.59. The lowest BCUT2D eigenvalue weighted by Crippen LogP contribution is -2.49. The highest BCUT2D eigenvalue weighted by atomic mass is 19.1. The SMILES string of the molecule is CC[C@H]1CO[C@@H]2Cn3cc(CCCc4ccc(F)cc4F)c(=O)c(O)c3C(=O)N12. The van der Waals surface area contributed by atoms with Gasteiger partial charge in [-0.1, -0.05) is 13.0 Å². The maximum absolute atomic E-state index is 13.8. The van der Waals surface area contributed by atoms with Gasteiger partial charge in [-0.25, -0.2) is 8.78 Å². The minimum absolute atomic E-state index is 0.0106. The van der Waals surface area contributed by atoms with Crippen LogP contribution in [0.1, 0.15) is 41.4 Å². The molecular formula is C21H22F2N2O4. The number of fused-ring (bicyclic) bond motifs is 2. The highest BCUT2D eigenvalue weighted by Crippen LogP contribution is 2.30. The number of carbonyl (C=O) groups is 1. The van der Waals surface area contributed by atoms with Crippen LogP contribution in [-0.2, 0) is 24.1 Å². The van der Waals surface area contributed by atoms with Crippen LogP contribution in [0.2, 0.25) is 0 Å². The molecule has 4 rings (SSSR count). The molecule has 1 aromatic heterocycles. The Morgan fingerprint density at radius 2 is 1.97 bits per heavy atom. The van der Waals surface area contributed by atoms with Gasteiger partial charge in [0.1, 0.15) is 11.6 Å². The summed E-state index contributed by atoms with van der Waals surface area (Å²) in [6.45, 7) is 2.73. The average Bonchev–Trinajstić information content (AvgIpc) is 3.10. The third kappa shape index (κ3) is 3.42. The predicted octanol–water partition coefficient (Wildman–Crippen LogP) is 2.60. The zero-order valence-corrected chi connectivity index (χ0v) is 16.0. The van der Waals surface area contributed by atoms with Crippen molar-refractivity contribution in [1.29, 1.82) is 0 Å². The van der Waals surface area contributed by atoms with Gasteiger partial charge in [0.15, 0.2) is 17.7 Å². The van der Waals surface area contributed by atoms with Gasteiger partial charge in [0.25, 0.3) is 5.91 Å². The van der Waals surface area contributed by atoms with Gasteiger partial charge in [-0.15, -0.1) is 0 Å². The number of carbonyl (C=O) groups excluding carboxylic acids is 1. The first-order valence-electron chi connectivity index (χ1n) is 9.74. The Morgan fingerprint density at radius 3 is 2.69 bits per heavy atom. The number of halogens is 2. The largest absolute Gasteiger partial charge is 0.503 e. The molecule has 1 aromatic carbocycles. The molecule has 2 aliphatic rings. The van der Waals surface area contributed by atoms with E-state index < -0.39 is 34.9 Å². The minimum atomic E-state index is -0.637. The first kappa shape index (κ1) is 19.6. The van der Waals surface area contributed by atoms with Crippen molar-refractivity contribution < 1.29 is 23.4 Å². The molecule has 3 heterocycles. The molecule has 2 atom stereocenters. The molecule has 29 heavy (non-hydrogen) atoms. The third-order valence-corrected chi connectivity index (χ3v) is 5.68. The third-order valence-electron chi connectivity index (χ3n) is 5.68.